The number of nitrogens with one attached hydrogen (secondary N) is 2. The van der Waals surface area contributed by atoms with Crippen molar-refractivity contribution in [3.63, 3.8) is 0 Å². The molecular weight excluding hydrogens is 536 g/mol. The first-order chi connectivity index (χ1) is 11.8. The van der Waals surface area contributed by atoms with E-state index < -0.39 is 0 Å². The third-order valence-corrected chi connectivity index (χ3v) is 5.16. The van der Waals surface area contributed by atoms with E-state index in [-0.39, 0.29) is 5.56 Å². The van der Waals surface area contributed by atoms with Crippen LogP contribution in [-0.4, -0.2) is 14.8 Å². The van der Waals surface area contributed by atoms with Gasteiger partial charge in [-0.15, -0.1) is 0 Å². The molecule has 0 amide bonds. The van der Waals surface area contributed by atoms with Crippen molar-refractivity contribution in [1.82, 2.24) is 9.66 Å². The van der Waals surface area contributed by atoms with Crippen molar-refractivity contribution in [2.45, 2.75) is 6.92 Å². The van der Waals surface area contributed by atoms with Gasteiger partial charge in [0, 0.05) is 19.1 Å². The maximum atomic E-state index is 12.8. The number of hydrogen-bond acceptors (Lipinski definition) is 3. The van der Waals surface area contributed by atoms with Crippen molar-refractivity contribution in [3.8, 4) is 0 Å². The smallest absolute Gasteiger partial charge is 0.280 e. The highest BCUT2D eigenvalue weighted by Crippen LogP contribution is 2.25. The van der Waals surface area contributed by atoms with Crippen molar-refractivity contribution in [2.24, 2.45) is 0 Å². The zero-order valence-corrected chi connectivity index (χ0v) is 18.4. The minimum Gasteiger partial charge on any atom is -0.331 e. The van der Waals surface area contributed by atoms with E-state index in [1.807, 2.05) is 30.3 Å². The fraction of sp³-hybridized carbons (Fsp3) is 0.0625. The van der Waals surface area contributed by atoms with Gasteiger partial charge in [0.1, 0.15) is 5.82 Å². The minimum absolute atomic E-state index is 0.232. The zero-order valence-electron chi connectivity index (χ0n) is 12.8. The highest BCUT2D eigenvalue weighted by atomic mass is 79.9. The van der Waals surface area contributed by atoms with Crippen molar-refractivity contribution < 1.29 is 0 Å². The number of aromatic nitrogens is 2. The van der Waals surface area contributed by atoms with Gasteiger partial charge in [0.25, 0.3) is 5.56 Å². The summed E-state index contributed by atoms with van der Waals surface area (Å²) >= 11 is 15.5. The molecule has 0 saturated carbocycles. The Kier molecular flexibility index (Phi) is 5.57. The lowest BCUT2D eigenvalue weighted by atomic mass is 10.2. The van der Waals surface area contributed by atoms with Crippen molar-refractivity contribution >= 4 is 81.7 Å². The Morgan fingerprint density at radius 1 is 1.12 bits per heavy atom. The Labute approximate surface area is 174 Å². The van der Waals surface area contributed by atoms with E-state index in [4.69, 9.17) is 12.2 Å². The average molecular weight is 547 g/mol. The number of fused-ring (bicyclic) bond motifs is 1. The lowest BCUT2D eigenvalue weighted by Gasteiger charge is -2.15. The van der Waals surface area contributed by atoms with E-state index in [1.54, 1.807) is 13.0 Å². The molecule has 3 rings (SSSR count). The number of hydrogen-bond donors (Lipinski definition) is 2. The first-order valence-corrected chi connectivity index (χ1v) is 9.86. The van der Waals surface area contributed by atoms with Gasteiger partial charge in [-0.2, -0.15) is 0 Å². The maximum Gasteiger partial charge on any atom is 0.280 e. The van der Waals surface area contributed by atoms with Gasteiger partial charge in [-0.3, -0.25) is 10.2 Å². The molecule has 0 bridgehead atoms. The second kappa shape index (κ2) is 7.53. The van der Waals surface area contributed by atoms with Gasteiger partial charge in [-0.25, -0.2) is 9.66 Å². The van der Waals surface area contributed by atoms with E-state index >= 15 is 0 Å². The summed E-state index contributed by atoms with van der Waals surface area (Å²) in [5.74, 6) is 0.500. The Bertz CT molecular complexity index is 1030. The molecule has 0 saturated heterocycles. The van der Waals surface area contributed by atoms with E-state index in [1.165, 1.54) is 4.68 Å². The van der Waals surface area contributed by atoms with Crippen molar-refractivity contribution in [3.05, 3.63) is 66.0 Å². The van der Waals surface area contributed by atoms with Gasteiger partial charge in [0.2, 0.25) is 0 Å². The van der Waals surface area contributed by atoms with Crippen molar-refractivity contribution in [2.75, 3.05) is 10.7 Å². The van der Waals surface area contributed by atoms with Gasteiger partial charge in [-0.1, -0.05) is 31.9 Å². The van der Waals surface area contributed by atoms with E-state index in [0.717, 1.165) is 19.1 Å². The highest BCUT2D eigenvalue weighted by Gasteiger charge is 2.12. The first kappa shape index (κ1) is 18.5. The largest absolute Gasteiger partial charge is 0.331 e. The monoisotopic (exact) mass is 544 g/mol. The number of nitrogens with zero attached hydrogens (tertiary/aromatic N) is 2. The summed E-state index contributed by atoms with van der Waals surface area (Å²) in [5, 5.41) is 3.81. The molecule has 1 heterocycles. The quantitative estimate of drug-likeness (QED) is 0.446. The van der Waals surface area contributed by atoms with Gasteiger partial charge < -0.3 is 5.32 Å². The molecule has 128 valence electrons. The Hall–Kier alpha value is -1.29. The van der Waals surface area contributed by atoms with Gasteiger partial charge >= 0.3 is 0 Å². The van der Waals surface area contributed by atoms with E-state index in [9.17, 15) is 4.79 Å². The standard InChI is InChI=1S/C16H11Br3N4OS/c1-8-20-14-12(6-10(18)7-13(14)19)15(24)23(8)22-16(25)21-11-4-2-9(17)3-5-11/h2-7H,1H3,(H2,21,22,25). The lowest BCUT2D eigenvalue weighted by molar-refractivity contribution is 0.838. The topological polar surface area (TPSA) is 59.0 Å². The number of benzene rings is 2. The van der Waals surface area contributed by atoms with Crippen LogP contribution in [0.25, 0.3) is 10.9 Å². The van der Waals surface area contributed by atoms with Crippen molar-refractivity contribution in [1.29, 1.82) is 0 Å². The molecule has 2 N–H and O–H groups in total. The number of halogens is 3. The summed E-state index contributed by atoms with van der Waals surface area (Å²) in [4.78, 5) is 17.3. The molecule has 0 atom stereocenters. The molecule has 0 fully saturated rings. The maximum absolute atomic E-state index is 12.8. The summed E-state index contributed by atoms with van der Waals surface area (Å²) < 4.78 is 3.84. The van der Waals surface area contributed by atoms with Crippen LogP contribution in [-0.2, 0) is 0 Å². The first-order valence-electron chi connectivity index (χ1n) is 7.07. The summed E-state index contributed by atoms with van der Waals surface area (Å²) in [5.41, 5.74) is 4.08. The molecule has 3 aromatic rings. The van der Waals surface area contributed by atoms with Crippen LogP contribution in [0.2, 0.25) is 0 Å². The lowest BCUT2D eigenvalue weighted by Crippen LogP contribution is -2.37. The summed E-state index contributed by atoms with van der Waals surface area (Å²) in [6.07, 6.45) is 0. The molecule has 25 heavy (non-hydrogen) atoms. The second-order valence-electron chi connectivity index (χ2n) is 5.16. The van der Waals surface area contributed by atoms with Gasteiger partial charge in [-0.05, 0) is 71.5 Å². The normalized spacial score (nSPS) is 10.7. The fourth-order valence-electron chi connectivity index (χ4n) is 2.25. The molecule has 2 aromatic carbocycles. The number of rotatable bonds is 2. The molecule has 0 aliphatic rings. The predicted molar refractivity (Wildman–Crippen MR) is 116 cm³/mol. The molecule has 0 spiro atoms. The van der Waals surface area contributed by atoms with Crippen LogP contribution < -0.4 is 16.3 Å². The Morgan fingerprint density at radius 3 is 2.48 bits per heavy atom. The highest BCUT2D eigenvalue weighted by molar-refractivity contribution is 9.11. The summed E-state index contributed by atoms with van der Waals surface area (Å²) in [7, 11) is 0. The fourth-order valence-corrected chi connectivity index (χ4v) is 4.03. The average Bonchev–Trinajstić information content (AvgIpc) is 2.55. The zero-order chi connectivity index (χ0) is 18.1. The SMILES string of the molecule is Cc1nc2c(Br)cc(Br)cc2c(=O)n1NC(=S)Nc1ccc(Br)cc1. The predicted octanol–water partition coefficient (Wildman–Crippen LogP) is 4.93. The third-order valence-electron chi connectivity index (χ3n) is 3.37. The van der Waals surface area contributed by atoms with E-state index in [2.05, 4.69) is 63.5 Å². The number of anilines is 1. The van der Waals surface area contributed by atoms with Crippen LogP contribution in [0, 0.1) is 6.92 Å². The van der Waals surface area contributed by atoms with Crippen LogP contribution in [0.15, 0.2) is 54.6 Å². The third kappa shape index (κ3) is 4.11. The van der Waals surface area contributed by atoms with Crippen LogP contribution >= 0.6 is 60.0 Å². The molecule has 1 aromatic heterocycles. The Morgan fingerprint density at radius 2 is 1.80 bits per heavy atom. The number of aryl methyl sites for hydroxylation is 1. The molecular formula is C16H11Br3N4OS. The van der Waals surface area contributed by atoms with Gasteiger partial charge in [0.15, 0.2) is 5.11 Å². The second-order valence-corrected chi connectivity index (χ2v) is 8.25. The molecule has 9 heteroatoms. The molecule has 0 unspecified atom stereocenters. The van der Waals surface area contributed by atoms with E-state index in [0.29, 0.717) is 21.8 Å². The molecule has 0 aliphatic carbocycles. The van der Waals surface area contributed by atoms with Crippen LogP contribution in [0.5, 0.6) is 0 Å². The molecule has 0 aliphatic heterocycles. The van der Waals surface area contributed by atoms with Crippen LogP contribution in [0.3, 0.4) is 0 Å². The molecule has 0 radical (unpaired) electrons. The minimum atomic E-state index is -0.232. The summed E-state index contributed by atoms with van der Waals surface area (Å²) in [6.45, 7) is 1.74. The van der Waals surface area contributed by atoms with Gasteiger partial charge in [0.05, 0.1) is 10.9 Å². The van der Waals surface area contributed by atoms with Crippen LogP contribution in [0.1, 0.15) is 5.82 Å². The van der Waals surface area contributed by atoms with Crippen LogP contribution in [0.4, 0.5) is 5.69 Å². The Balaban J connectivity index is 1.94. The summed E-state index contributed by atoms with van der Waals surface area (Å²) in [6, 6.07) is 11.1. The number of thiocarbonyl (C=S) groups is 1. The molecule has 5 nitrogen and oxygen atoms in total.